The molecule has 0 atom stereocenters. The van der Waals surface area contributed by atoms with Crippen molar-refractivity contribution in [2.45, 2.75) is 85.0 Å². The second-order valence-electron chi connectivity index (χ2n) is 11.4. The molecule has 3 aromatic rings. The maximum absolute atomic E-state index is 13.9. The molecule has 234 valence electrons. The van der Waals surface area contributed by atoms with E-state index in [0.717, 1.165) is 49.7 Å². The third-order valence-electron chi connectivity index (χ3n) is 8.03. The van der Waals surface area contributed by atoms with E-state index in [9.17, 15) is 14.4 Å². The van der Waals surface area contributed by atoms with Crippen LogP contribution in [-0.2, 0) is 22.4 Å². The Hall–Kier alpha value is -3.29. The highest BCUT2D eigenvalue weighted by Gasteiger charge is 2.20. The minimum absolute atomic E-state index is 0.00838. The number of carbonyl (C=O) groups excluding carboxylic acids is 3. The van der Waals surface area contributed by atoms with Crippen LogP contribution in [0.3, 0.4) is 0 Å². The highest BCUT2D eigenvalue weighted by atomic mass is 16.5. The number of esters is 1. The molecule has 0 bridgehead atoms. The summed E-state index contributed by atoms with van der Waals surface area (Å²) in [5.41, 5.74) is 5.08. The standard InChI is InChI=1S/C36H51N3O4/c1-5-8-13-31-26-32-25-30(33(40)18-20-37-27-34(41)43-4)19-24-39(32)35(31)36(42)29-16-14-28(15-17-29)12-11-23-38(21-9-6-2)22-10-7-3/h14-17,19,24-26,37H,5-13,18,20-23,27H2,1-4H3. The van der Waals surface area contributed by atoms with Gasteiger partial charge in [-0.15, -0.1) is 0 Å². The zero-order chi connectivity index (χ0) is 31.0. The summed E-state index contributed by atoms with van der Waals surface area (Å²) in [5, 5.41) is 2.93. The molecule has 0 aliphatic carbocycles. The minimum atomic E-state index is -0.361. The molecule has 3 rings (SSSR count). The predicted molar refractivity (Wildman–Crippen MR) is 174 cm³/mol. The van der Waals surface area contributed by atoms with Gasteiger partial charge in [0.1, 0.15) is 0 Å². The van der Waals surface area contributed by atoms with Crippen molar-refractivity contribution >= 4 is 23.1 Å². The summed E-state index contributed by atoms with van der Waals surface area (Å²) < 4.78 is 6.54. The van der Waals surface area contributed by atoms with Gasteiger partial charge in [0.25, 0.3) is 0 Å². The highest BCUT2D eigenvalue weighted by molar-refractivity contribution is 6.10. The molecule has 0 spiro atoms. The number of unbranched alkanes of at least 4 members (excludes halogenated alkanes) is 3. The number of carbonyl (C=O) groups is 3. The Morgan fingerprint density at radius 1 is 0.814 bits per heavy atom. The fourth-order valence-corrected chi connectivity index (χ4v) is 5.39. The molecule has 1 N–H and O–H groups in total. The Morgan fingerprint density at radius 3 is 2.14 bits per heavy atom. The Bertz CT molecular complexity index is 1300. The van der Waals surface area contributed by atoms with E-state index in [-0.39, 0.29) is 30.5 Å². The molecule has 0 aliphatic rings. The zero-order valence-electron chi connectivity index (χ0n) is 26.8. The van der Waals surface area contributed by atoms with Crippen LogP contribution in [0.25, 0.3) is 5.52 Å². The largest absolute Gasteiger partial charge is 0.468 e. The van der Waals surface area contributed by atoms with E-state index in [1.807, 2.05) is 34.9 Å². The number of fused-ring (bicyclic) bond motifs is 1. The Morgan fingerprint density at radius 2 is 1.49 bits per heavy atom. The number of ketones is 2. The van der Waals surface area contributed by atoms with Crippen molar-refractivity contribution in [2.75, 3.05) is 39.8 Å². The number of benzene rings is 1. The topological polar surface area (TPSA) is 80.1 Å². The smallest absolute Gasteiger partial charge is 0.319 e. The van der Waals surface area contributed by atoms with Crippen LogP contribution in [0.4, 0.5) is 0 Å². The number of methoxy groups -OCH3 is 1. The van der Waals surface area contributed by atoms with Crippen LogP contribution in [-0.4, -0.2) is 66.7 Å². The summed E-state index contributed by atoms with van der Waals surface area (Å²) in [7, 11) is 1.34. The zero-order valence-corrected chi connectivity index (χ0v) is 26.8. The Kier molecular flexibility index (Phi) is 14.6. The molecule has 43 heavy (non-hydrogen) atoms. The third-order valence-corrected chi connectivity index (χ3v) is 8.03. The molecule has 2 heterocycles. The number of hydrogen-bond donors (Lipinski definition) is 1. The quantitative estimate of drug-likeness (QED) is 0.0848. The molecule has 0 fully saturated rings. The fraction of sp³-hybridized carbons (Fsp3) is 0.528. The van der Waals surface area contributed by atoms with Crippen molar-refractivity contribution in [3.05, 3.63) is 76.6 Å². The van der Waals surface area contributed by atoms with Gasteiger partial charge >= 0.3 is 5.97 Å². The van der Waals surface area contributed by atoms with Crippen LogP contribution in [0, 0.1) is 0 Å². The van der Waals surface area contributed by atoms with Crippen LogP contribution >= 0.6 is 0 Å². The maximum atomic E-state index is 13.9. The number of nitrogens with zero attached hydrogens (tertiary/aromatic N) is 2. The van der Waals surface area contributed by atoms with Gasteiger partial charge in [0.15, 0.2) is 5.78 Å². The van der Waals surface area contributed by atoms with Gasteiger partial charge in [-0.3, -0.25) is 14.4 Å². The minimum Gasteiger partial charge on any atom is -0.468 e. The normalized spacial score (nSPS) is 11.4. The maximum Gasteiger partial charge on any atom is 0.319 e. The molecule has 1 aromatic carbocycles. The molecular formula is C36H51N3O4. The van der Waals surface area contributed by atoms with E-state index in [1.165, 1.54) is 51.4 Å². The third kappa shape index (κ3) is 10.4. The summed E-state index contributed by atoms with van der Waals surface area (Å²) in [6.07, 6.45) is 12.0. The number of aryl methyl sites for hydroxylation is 2. The summed E-state index contributed by atoms with van der Waals surface area (Å²) in [6.45, 7) is 10.6. The lowest BCUT2D eigenvalue weighted by molar-refractivity contribution is -0.139. The lowest BCUT2D eigenvalue weighted by Gasteiger charge is -2.21. The van der Waals surface area contributed by atoms with Gasteiger partial charge in [0.2, 0.25) is 5.78 Å². The predicted octanol–water partition coefficient (Wildman–Crippen LogP) is 6.68. The van der Waals surface area contributed by atoms with Gasteiger partial charge in [-0.25, -0.2) is 0 Å². The first kappa shape index (κ1) is 34.2. The van der Waals surface area contributed by atoms with E-state index in [1.54, 1.807) is 6.07 Å². The molecule has 0 saturated heterocycles. The van der Waals surface area contributed by atoms with Gasteiger partial charge in [-0.2, -0.15) is 0 Å². The van der Waals surface area contributed by atoms with Crippen LogP contribution in [0.15, 0.2) is 48.7 Å². The summed E-state index contributed by atoms with van der Waals surface area (Å²) in [4.78, 5) is 40.6. The molecule has 2 aromatic heterocycles. The van der Waals surface area contributed by atoms with Crippen molar-refractivity contribution in [3.8, 4) is 0 Å². The fourth-order valence-electron chi connectivity index (χ4n) is 5.39. The second kappa shape index (κ2) is 18.4. The van der Waals surface area contributed by atoms with E-state index < -0.39 is 0 Å². The molecular weight excluding hydrogens is 538 g/mol. The number of aromatic nitrogens is 1. The van der Waals surface area contributed by atoms with Crippen molar-refractivity contribution in [3.63, 3.8) is 0 Å². The van der Waals surface area contributed by atoms with Crippen LogP contribution in [0.5, 0.6) is 0 Å². The van der Waals surface area contributed by atoms with Crippen molar-refractivity contribution < 1.29 is 19.1 Å². The molecule has 0 saturated carbocycles. The van der Waals surface area contributed by atoms with Gasteiger partial charge in [0.05, 0.1) is 19.3 Å². The summed E-state index contributed by atoms with van der Waals surface area (Å²) in [6, 6.07) is 13.8. The highest BCUT2D eigenvalue weighted by Crippen LogP contribution is 2.24. The molecule has 7 nitrogen and oxygen atoms in total. The number of pyridine rings is 1. The molecule has 0 unspecified atom stereocenters. The average molecular weight is 590 g/mol. The van der Waals surface area contributed by atoms with Crippen molar-refractivity contribution in [1.29, 1.82) is 0 Å². The van der Waals surface area contributed by atoms with E-state index >= 15 is 0 Å². The van der Waals surface area contributed by atoms with Crippen LogP contribution in [0.2, 0.25) is 0 Å². The van der Waals surface area contributed by atoms with E-state index in [4.69, 9.17) is 0 Å². The van der Waals surface area contributed by atoms with Crippen molar-refractivity contribution in [2.24, 2.45) is 0 Å². The summed E-state index contributed by atoms with van der Waals surface area (Å²) >= 11 is 0. The van der Waals surface area contributed by atoms with E-state index in [0.29, 0.717) is 23.4 Å². The average Bonchev–Trinajstić information content (AvgIpc) is 3.40. The van der Waals surface area contributed by atoms with Crippen molar-refractivity contribution in [1.82, 2.24) is 14.6 Å². The second-order valence-corrected chi connectivity index (χ2v) is 11.4. The number of Topliss-reactive ketones (excluding diaryl/α,β-unsaturated/α-hetero) is 1. The van der Waals surface area contributed by atoms with Crippen LogP contribution < -0.4 is 5.32 Å². The van der Waals surface area contributed by atoms with Gasteiger partial charge in [0, 0.05) is 35.8 Å². The monoisotopic (exact) mass is 589 g/mol. The number of hydrogen-bond acceptors (Lipinski definition) is 6. The molecule has 0 amide bonds. The first-order valence-corrected chi connectivity index (χ1v) is 16.2. The lowest BCUT2D eigenvalue weighted by atomic mass is 10.00. The Labute approximate surface area is 258 Å². The van der Waals surface area contributed by atoms with Gasteiger partial charge < -0.3 is 19.4 Å². The first-order chi connectivity index (χ1) is 20.9. The molecule has 0 radical (unpaired) electrons. The van der Waals surface area contributed by atoms with Crippen LogP contribution in [0.1, 0.15) is 110 Å². The molecule has 7 heteroatoms. The number of rotatable bonds is 21. The lowest BCUT2D eigenvalue weighted by Crippen LogP contribution is -2.27. The number of ether oxygens (including phenoxy) is 1. The molecule has 0 aliphatic heterocycles. The van der Waals surface area contributed by atoms with E-state index in [2.05, 4.69) is 47.9 Å². The number of nitrogens with one attached hydrogen (secondary N) is 1. The SMILES string of the molecule is CCCCc1cc2cc(C(=O)CCNCC(=O)OC)ccn2c1C(=O)c1ccc(CCCN(CCCC)CCCC)cc1. The van der Waals surface area contributed by atoms with Gasteiger partial charge in [-0.05, 0) is 87.5 Å². The summed E-state index contributed by atoms with van der Waals surface area (Å²) in [5.74, 6) is -0.368. The Balaban J connectivity index is 1.70. The first-order valence-electron chi connectivity index (χ1n) is 16.2. The van der Waals surface area contributed by atoms with Gasteiger partial charge in [-0.1, -0.05) is 64.3 Å².